The average molecular weight is 373 g/mol. The van der Waals surface area contributed by atoms with Gasteiger partial charge in [0.15, 0.2) is 11.5 Å². The molecule has 6 heteroatoms. The van der Waals surface area contributed by atoms with Gasteiger partial charge in [-0.15, -0.1) is 0 Å². The molecule has 0 saturated heterocycles. The van der Waals surface area contributed by atoms with Crippen LogP contribution < -0.4 is 15.0 Å². The standard InChI is InChI=1S/C22H19N3O3/c1-14-3-4-17(15(2)9-14)12-24-7-8-25-19(22(24)26)11-18(23-25)16-5-6-20-21(10-16)28-13-27-20/h3-11H,12-13H2,1-2H3. The van der Waals surface area contributed by atoms with E-state index in [1.54, 1.807) is 15.3 Å². The van der Waals surface area contributed by atoms with Crippen molar-refractivity contribution in [1.29, 1.82) is 0 Å². The van der Waals surface area contributed by atoms with Crippen LogP contribution in [0.2, 0.25) is 0 Å². The van der Waals surface area contributed by atoms with E-state index in [4.69, 9.17) is 9.47 Å². The maximum atomic E-state index is 13.0. The maximum absolute atomic E-state index is 13.0. The quantitative estimate of drug-likeness (QED) is 0.551. The SMILES string of the molecule is Cc1ccc(Cn2ccn3nc(-c4ccc5c(c4)OCO5)cc3c2=O)c(C)c1. The van der Waals surface area contributed by atoms with Gasteiger partial charge in [-0.3, -0.25) is 4.79 Å². The highest BCUT2D eigenvalue weighted by atomic mass is 16.7. The van der Waals surface area contributed by atoms with Gasteiger partial charge in [0, 0.05) is 18.0 Å². The summed E-state index contributed by atoms with van der Waals surface area (Å²) in [5.41, 5.74) is 5.61. The number of fused-ring (bicyclic) bond motifs is 2. The smallest absolute Gasteiger partial charge is 0.276 e. The Balaban J connectivity index is 1.54. The Kier molecular flexibility index (Phi) is 3.72. The zero-order valence-corrected chi connectivity index (χ0v) is 15.7. The summed E-state index contributed by atoms with van der Waals surface area (Å²) in [5.74, 6) is 1.42. The summed E-state index contributed by atoms with van der Waals surface area (Å²) in [7, 11) is 0. The van der Waals surface area contributed by atoms with Crippen molar-refractivity contribution in [2.24, 2.45) is 0 Å². The molecule has 0 atom stereocenters. The van der Waals surface area contributed by atoms with Crippen molar-refractivity contribution >= 4 is 5.52 Å². The molecule has 140 valence electrons. The topological polar surface area (TPSA) is 57.8 Å². The largest absolute Gasteiger partial charge is 0.454 e. The number of aryl methyl sites for hydroxylation is 2. The summed E-state index contributed by atoms with van der Waals surface area (Å²) in [6.45, 7) is 4.90. The van der Waals surface area contributed by atoms with Crippen LogP contribution in [0, 0.1) is 13.8 Å². The van der Waals surface area contributed by atoms with Crippen molar-refractivity contribution in [2.45, 2.75) is 20.4 Å². The van der Waals surface area contributed by atoms with Gasteiger partial charge in [-0.05, 0) is 49.2 Å². The normalized spacial score (nSPS) is 12.6. The molecule has 0 bridgehead atoms. The molecule has 4 aromatic rings. The molecule has 1 aliphatic rings. The second kappa shape index (κ2) is 6.27. The van der Waals surface area contributed by atoms with Gasteiger partial charge < -0.3 is 14.0 Å². The van der Waals surface area contributed by atoms with E-state index in [0.29, 0.717) is 17.8 Å². The third-order valence-electron chi connectivity index (χ3n) is 5.11. The summed E-state index contributed by atoms with van der Waals surface area (Å²) < 4.78 is 14.1. The number of aromatic nitrogens is 3. The highest BCUT2D eigenvalue weighted by Gasteiger charge is 2.16. The van der Waals surface area contributed by atoms with Crippen LogP contribution in [0.5, 0.6) is 11.5 Å². The van der Waals surface area contributed by atoms with E-state index >= 15 is 0 Å². The lowest BCUT2D eigenvalue weighted by molar-refractivity contribution is 0.174. The Morgan fingerprint density at radius 3 is 2.71 bits per heavy atom. The Morgan fingerprint density at radius 2 is 1.86 bits per heavy atom. The average Bonchev–Trinajstić information content (AvgIpc) is 3.32. The van der Waals surface area contributed by atoms with Crippen molar-refractivity contribution in [3.05, 3.63) is 81.9 Å². The third kappa shape index (κ3) is 2.74. The van der Waals surface area contributed by atoms with E-state index in [1.165, 1.54) is 11.1 Å². The summed E-state index contributed by atoms with van der Waals surface area (Å²) in [4.78, 5) is 13.0. The molecule has 6 nitrogen and oxygen atoms in total. The second-order valence-electron chi connectivity index (χ2n) is 7.09. The number of hydrogen-bond acceptors (Lipinski definition) is 4. The van der Waals surface area contributed by atoms with E-state index in [2.05, 4.69) is 37.1 Å². The fourth-order valence-corrected chi connectivity index (χ4v) is 3.55. The summed E-state index contributed by atoms with van der Waals surface area (Å²) in [6.07, 6.45) is 3.60. The van der Waals surface area contributed by atoms with E-state index in [1.807, 2.05) is 30.5 Å². The Bertz CT molecular complexity index is 1270. The van der Waals surface area contributed by atoms with Crippen molar-refractivity contribution in [1.82, 2.24) is 14.2 Å². The van der Waals surface area contributed by atoms with Gasteiger partial charge in [0.05, 0.1) is 12.2 Å². The monoisotopic (exact) mass is 373 g/mol. The molecule has 0 unspecified atom stereocenters. The lowest BCUT2D eigenvalue weighted by atomic mass is 10.1. The van der Waals surface area contributed by atoms with E-state index < -0.39 is 0 Å². The molecular formula is C22H19N3O3. The van der Waals surface area contributed by atoms with Gasteiger partial charge in [-0.1, -0.05) is 23.8 Å². The molecule has 28 heavy (non-hydrogen) atoms. The second-order valence-corrected chi connectivity index (χ2v) is 7.09. The number of benzene rings is 2. The molecule has 2 aromatic carbocycles. The van der Waals surface area contributed by atoms with Crippen LogP contribution in [0.15, 0.2) is 59.7 Å². The van der Waals surface area contributed by atoms with Gasteiger partial charge in [-0.25, -0.2) is 4.52 Å². The summed E-state index contributed by atoms with van der Waals surface area (Å²) in [5, 5.41) is 4.55. The molecule has 2 aromatic heterocycles. The van der Waals surface area contributed by atoms with Crippen molar-refractivity contribution in [2.75, 3.05) is 6.79 Å². The van der Waals surface area contributed by atoms with Gasteiger partial charge in [0.2, 0.25) is 6.79 Å². The van der Waals surface area contributed by atoms with Crippen LogP contribution in [0.4, 0.5) is 0 Å². The van der Waals surface area contributed by atoms with Crippen LogP contribution in [0.3, 0.4) is 0 Å². The predicted octanol–water partition coefficient (Wildman–Crippen LogP) is 3.56. The fourth-order valence-electron chi connectivity index (χ4n) is 3.55. The van der Waals surface area contributed by atoms with E-state index in [9.17, 15) is 4.79 Å². The Morgan fingerprint density at radius 1 is 1.00 bits per heavy atom. The molecule has 0 saturated carbocycles. The number of ether oxygens (including phenoxy) is 2. The van der Waals surface area contributed by atoms with Crippen LogP contribution in [0.25, 0.3) is 16.8 Å². The van der Waals surface area contributed by atoms with Crippen LogP contribution in [-0.4, -0.2) is 21.0 Å². The zero-order chi connectivity index (χ0) is 19.3. The molecule has 0 N–H and O–H groups in total. The first-order chi connectivity index (χ1) is 13.6. The zero-order valence-electron chi connectivity index (χ0n) is 15.7. The highest BCUT2D eigenvalue weighted by Crippen LogP contribution is 2.35. The summed E-state index contributed by atoms with van der Waals surface area (Å²) >= 11 is 0. The molecule has 0 spiro atoms. The molecule has 0 radical (unpaired) electrons. The lowest BCUT2D eigenvalue weighted by Crippen LogP contribution is -2.22. The molecule has 0 fully saturated rings. The lowest BCUT2D eigenvalue weighted by Gasteiger charge is -2.09. The van der Waals surface area contributed by atoms with Gasteiger partial charge in [0.25, 0.3) is 5.56 Å². The van der Waals surface area contributed by atoms with Crippen molar-refractivity contribution < 1.29 is 9.47 Å². The minimum absolute atomic E-state index is 0.0676. The van der Waals surface area contributed by atoms with Crippen LogP contribution >= 0.6 is 0 Å². The van der Waals surface area contributed by atoms with Crippen LogP contribution in [-0.2, 0) is 6.54 Å². The van der Waals surface area contributed by atoms with E-state index in [-0.39, 0.29) is 12.4 Å². The van der Waals surface area contributed by atoms with Gasteiger partial charge in [0.1, 0.15) is 5.52 Å². The first-order valence-corrected chi connectivity index (χ1v) is 9.13. The number of rotatable bonds is 3. The maximum Gasteiger partial charge on any atom is 0.276 e. The van der Waals surface area contributed by atoms with E-state index in [0.717, 1.165) is 22.6 Å². The molecule has 3 heterocycles. The minimum atomic E-state index is -0.0676. The molecule has 1 aliphatic heterocycles. The van der Waals surface area contributed by atoms with Crippen molar-refractivity contribution in [3.8, 4) is 22.8 Å². The highest BCUT2D eigenvalue weighted by molar-refractivity contribution is 5.68. The van der Waals surface area contributed by atoms with Gasteiger partial charge in [-0.2, -0.15) is 5.10 Å². The molecule has 0 amide bonds. The predicted molar refractivity (Wildman–Crippen MR) is 106 cm³/mol. The first kappa shape index (κ1) is 16.6. The summed E-state index contributed by atoms with van der Waals surface area (Å²) in [6, 6.07) is 13.8. The van der Waals surface area contributed by atoms with Crippen LogP contribution in [0.1, 0.15) is 16.7 Å². The fraction of sp³-hybridized carbons (Fsp3) is 0.182. The molecule has 5 rings (SSSR count). The molecule has 0 aliphatic carbocycles. The number of nitrogens with zero attached hydrogens (tertiary/aromatic N) is 3. The third-order valence-corrected chi connectivity index (χ3v) is 5.11. The van der Waals surface area contributed by atoms with Gasteiger partial charge >= 0.3 is 0 Å². The number of hydrogen-bond donors (Lipinski definition) is 0. The molecular weight excluding hydrogens is 354 g/mol. The first-order valence-electron chi connectivity index (χ1n) is 9.13. The Hall–Kier alpha value is -3.54. The minimum Gasteiger partial charge on any atom is -0.454 e. The van der Waals surface area contributed by atoms with Crippen molar-refractivity contribution in [3.63, 3.8) is 0 Å². The Labute approximate surface area is 161 Å².